The van der Waals surface area contributed by atoms with Gasteiger partial charge in [-0.2, -0.15) is 9.40 Å². The molecule has 1 N–H and O–H groups in total. The summed E-state index contributed by atoms with van der Waals surface area (Å²) in [6.07, 6.45) is 1.08. The minimum Gasteiger partial charge on any atom is -0.355 e. The fraction of sp³-hybridized carbons (Fsp3) is 0.692. The van der Waals surface area contributed by atoms with Gasteiger partial charge in [0.15, 0.2) is 0 Å². The van der Waals surface area contributed by atoms with Gasteiger partial charge in [-0.1, -0.05) is 6.92 Å². The lowest BCUT2D eigenvalue weighted by atomic mass is 10.2. The quantitative estimate of drug-likeness (QED) is 0.776. The van der Waals surface area contributed by atoms with E-state index in [4.69, 9.17) is 0 Å². The molecular weight excluding hydrogens is 292 g/mol. The summed E-state index contributed by atoms with van der Waals surface area (Å²) in [4.78, 5) is 11.7. The summed E-state index contributed by atoms with van der Waals surface area (Å²) < 4.78 is 25.4. The Morgan fingerprint density at radius 3 is 2.57 bits per heavy atom. The van der Waals surface area contributed by atoms with Crippen molar-refractivity contribution < 1.29 is 13.2 Å². The molecule has 0 fully saturated rings. The van der Waals surface area contributed by atoms with Crippen molar-refractivity contribution >= 4 is 15.9 Å². The highest BCUT2D eigenvalue weighted by Crippen LogP contribution is 2.05. The summed E-state index contributed by atoms with van der Waals surface area (Å²) in [5, 5.41) is 7.12. The minimum atomic E-state index is -3.33. The van der Waals surface area contributed by atoms with Gasteiger partial charge in [-0.25, -0.2) is 8.42 Å². The molecule has 0 aliphatic carbocycles. The number of nitrogens with zero attached hydrogens (tertiary/aromatic N) is 3. The fourth-order valence-corrected chi connectivity index (χ4v) is 2.23. The van der Waals surface area contributed by atoms with E-state index in [1.165, 1.54) is 7.05 Å². The minimum absolute atomic E-state index is 0.161. The highest BCUT2D eigenvalue weighted by Gasteiger charge is 2.15. The van der Waals surface area contributed by atoms with Crippen LogP contribution in [0.25, 0.3) is 0 Å². The van der Waals surface area contributed by atoms with Gasteiger partial charge < -0.3 is 5.32 Å². The zero-order valence-electron chi connectivity index (χ0n) is 13.3. The van der Waals surface area contributed by atoms with Gasteiger partial charge in [0.1, 0.15) is 0 Å². The Labute approximate surface area is 126 Å². The number of carbonyl (C=O) groups excluding carboxylic acids is 1. The highest BCUT2D eigenvalue weighted by atomic mass is 32.2. The molecule has 0 aliphatic rings. The van der Waals surface area contributed by atoms with Crippen molar-refractivity contribution in [3.05, 3.63) is 17.5 Å². The van der Waals surface area contributed by atoms with Crippen molar-refractivity contribution in [1.82, 2.24) is 19.4 Å². The van der Waals surface area contributed by atoms with Crippen LogP contribution in [0, 0.1) is 19.8 Å². The van der Waals surface area contributed by atoms with Gasteiger partial charge in [0.05, 0.1) is 18.5 Å². The van der Waals surface area contributed by atoms with E-state index in [1.54, 1.807) is 0 Å². The van der Waals surface area contributed by atoms with Crippen molar-refractivity contribution in [2.24, 2.45) is 5.92 Å². The van der Waals surface area contributed by atoms with Crippen molar-refractivity contribution in [2.45, 2.75) is 27.3 Å². The topological polar surface area (TPSA) is 84.3 Å². The lowest BCUT2D eigenvalue weighted by molar-refractivity contribution is -0.121. The van der Waals surface area contributed by atoms with Gasteiger partial charge >= 0.3 is 0 Å². The van der Waals surface area contributed by atoms with Crippen LogP contribution in [0.4, 0.5) is 0 Å². The molecule has 1 atom stereocenters. The van der Waals surface area contributed by atoms with Crippen molar-refractivity contribution in [3.8, 4) is 0 Å². The summed E-state index contributed by atoms with van der Waals surface area (Å²) in [6, 6.07) is 2.01. The first kappa shape index (κ1) is 17.6. The zero-order valence-corrected chi connectivity index (χ0v) is 14.1. The fourth-order valence-electron chi connectivity index (χ4n) is 1.88. The third kappa shape index (κ3) is 5.84. The maximum Gasteiger partial charge on any atom is 0.235 e. The summed E-state index contributed by atoms with van der Waals surface area (Å²) in [7, 11) is -1.95. The van der Waals surface area contributed by atoms with E-state index in [9.17, 15) is 13.2 Å². The van der Waals surface area contributed by atoms with Crippen LogP contribution >= 0.6 is 0 Å². The molecule has 1 aromatic heterocycles. The number of amides is 1. The average molecular weight is 316 g/mol. The van der Waals surface area contributed by atoms with E-state index in [-0.39, 0.29) is 18.4 Å². The average Bonchev–Trinajstić information content (AvgIpc) is 2.64. The first-order valence-electron chi connectivity index (χ1n) is 6.78. The molecule has 0 aromatic carbocycles. The van der Waals surface area contributed by atoms with Crippen LogP contribution < -0.4 is 5.32 Å². The molecule has 0 saturated carbocycles. The van der Waals surface area contributed by atoms with E-state index in [0.29, 0.717) is 13.1 Å². The number of carbonyl (C=O) groups is 1. The second-order valence-corrected chi connectivity index (χ2v) is 7.63. The molecular formula is C13H24N4O3S. The molecule has 0 radical (unpaired) electrons. The molecule has 1 amide bonds. The van der Waals surface area contributed by atoms with Crippen LogP contribution in [0.5, 0.6) is 0 Å². The van der Waals surface area contributed by atoms with Crippen LogP contribution in [-0.2, 0) is 21.4 Å². The van der Waals surface area contributed by atoms with Crippen LogP contribution in [0.1, 0.15) is 18.3 Å². The molecule has 21 heavy (non-hydrogen) atoms. The second kappa shape index (κ2) is 7.04. The molecule has 7 nitrogen and oxygen atoms in total. The van der Waals surface area contributed by atoms with E-state index < -0.39 is 10.0 Å². The number of likely N-dealkylation sites (N-methyl/N-ethyl adjacent to an activating group) is 1. The Balaban J connectivity index is 2.41. The van der Waals surface area contributed by atoms with Crippen LogP contribution in [0.15, 0.2) is 6.07 Å². The normalized spacial score (nSPS) is 13.4. The Morgan fingerprint density at radius 2 is 2.10 bits per heavy atom. The van der Waals surface area contributed by atoms with E-state index in [1.807, 2.05) is 31.5 Å². The summed E-state index contributed by atoms with van der Waals surface area (Å²) in [5.41, 5.74) is 2.06. The Kier molecular flexibility index (Phi) is 5.91. The molecule has 120 valence electrons. The van der Waals surface area contributed by atoms with E-state index in [2.05, 4.69) is 10.4 Å². The largest absolute Gasteiger partial charge is 0.355 e. The Bertz CT molecular complexity index is 595. The highest BCUT2D eigenvalue weighted by molar-refractivity contribution is 7.88. The number of hydrogen-bond donors (Lipinski definition) is 1. The monoisotopic (exact) mass is 316 g/mol. The zero-order chi connectivity index (χ0) is 16.2. The molecule has 1 aromatic rings. The predicted octanol–water partition coefficient (Wildman–Crippen LogP) is 0.144. The van der Waals surface area contributed by atoms with Crippen LogP contribution in [0.3, 0.4) is 0 Å². The molecule has 0 spiro atoms. The van der Waals surface area contributed by atoms with Crippen molar-refractivity contribution in [1.29, 1.82) is 0 Å². The number of rotatable bonds is 7. The predicted molar refractivity (Wildman–Crippen MR) is 81.3 cm³/mol. The summed E-state index contributed by atoms with van der Waals surface area (Å²) in [5.74, 6) is -0.0985. The van der Waals surface area contributed by atoms with Gasteiger partial charge in [-0.05, 0) is 25.8 Å². The molecule has 0 unspecified atom stereocenters. The van der Waals surface area contributed by atoms with Crippen LogP contribution in [-0.4, -0.2) is 54.8 Å². The van der Waals surface area contributed by atoms with E-state index >= 15 is 0 Å². The molecule has 8 heteroatoms. The van der Waals surface area contributed by atoms with Crippen molar-refractivity contribution in [2.75, 3.05) is 26.4 Å². The van der Waals surface area contributed by atoms with E-state index in [0.717, 1.165) is 21.9 Å². The Morgan fingerprint density at radius 1 is 1.48 bits per heavy atom. The first-order valence-corrected chi connectivity index (χ1v) is 8.63. The maximum absolute atomic E-state index is 11.7. The van der Waals surface area contributed by atoms with Gasteiger partial charge in [0.2, 0.25) is 15.9 Å². The second-order valence-electron chi connectivity index (χ2n) is 5.54. The lowest BCUT2D eigenvalue weighted by Gasteiger charge is -2.16. The lowest BCUT2D eigenvalue weighted by Crippen LogP contribution is -2.39. The number of aromatic nitrogens is 2. The third-order valence-corrected chi connectivity index (χ3v) is 4.43. The SMILES string of the molecule is Cc1cc(C)n(C[C@@H](C)CNC(=O)CN(C)S(C)(=O)=O)n1. The third-order valence-electron chi connectivity index (χ3n) is 3.17. The molecule has 0 aliphatic heterocycles. The smallest absolute Gasteiger partial charge is 0.235 e. The number of nitrogens with one attached hydrogen (secondary N) is 1. The standard InChI is InChI=1S/C13H24N4O3S/c1-10(8-17-12(3)6-11(2)15-17)7-14-13(18)9-16(4)21(5,19)20/h6,10H,7-9H2,1-5H3,(H,14,18)/t10-/m0/s1. The van der Waals surface area contributed by atoms with Gasteiger partial charge in [0, 0.05) is 25.8 Å². The molecule has 1 rings (SSSR count). The maximum atomic E-state index is 11.7. The summed E-state index contributed by atoms with van der Waals surface area (Å²) in [6.45, 7) is 6.97. The van der Waals surface area contributed by atoms with Gasteiger partial charge in [0.25, 0.3) is 0 Å². The number of hydrogen-bond acceptors (Lipinski definition) is 4. The van der Waals surface area contributed by atoms with Gasteiger partial charge in [-0.3, -0.25) is 9.48 Å². The molecule has 0 saturated heterocycles. The molecule has 0 bridgehead atoms. The number of aryl methyl sites for hydroxylation is 2. The molecule has 1 heterocycles. The summed E-state index contributed by atoms with van der Waals surface area (Å²) >= 11 is 0. The van der Waals surface area contributed by atoms with Gasteiger partial charge in [-0.15, -0.1) is 0 Å². The van der Waals surface area contributed by atoms with Crippen LogP contribution in [0.2, 0.25) is 0 Å². The van der Waals surface area contributed by atoms with Crippen molar-refractivity contribution in [3.63, 3.8) is 0 Å². The first-order chi connectivity index (χ1) is 9.59. The Hall–Kier alpha value is -1.41. The number of sulfonamides is 1.